The first-order valence-corrected chi connectivity index (χ1v) is 16.6. The Bertz CT molecular complexity index is 825. The summed E-state index contributed by atoms with van der Waals surface area (Å²) in [6, 6.07) is 0. The van der Waals surface area contributed by atoms with E-state index >= 15 is 0 Å². The van der Waals surface area contributed by atoms with E-state index in [0.717, 1.165) is 77.0 Å². The fourth-order valence-corrected chi connectivity index (χ4v) is 4.24. The van der Waals surface area contributed by atoms with Gasteiger partial charge in [0.05, 0.1) is 13.2 Å². The molecule has 0 saturated carbocycles. The molecule has 0 fully saturated rings. The SMILES string of the molecule is CC/C=C\C/C=C\C/C=C\C/C=C\CCCCC(=O)NCCOP(=O)(O)OCC(O)COC(=O)CCCCCCC. The molecule has 0 saturated heterocycles. The molecule has 0 heterocycles. The molecule has 41 heavy (non-hydrogen) atoms. The molecule has 0 spiro atoms. The van der Waals surface area contributed by atoms with E-state index in [1.165, 1.54) is 0 Å². The standard InChI is InChI=1S/C31H54NO8P/c1-3-5-7-9-10-11-12-13-14-15-16-17-18-20-21-23-30(34)32-25-26-39-41(36,37)40-28-29(33)27-38-31(35)24-22-19-8-6-4-2/h5,7,10-11,13-14,16-17,29,33H,3-4,6,8-9,12,15,18-28H2,1-2H3,(H,32,34)(H,36,37)/b7-5-,11-10-,14-13-,17-16-. The van der Waals surface area contributed by atoms with Crippen molar-refractivity contribution in [2.24, 2.45) is 0 Å². The van der Waals surface area contributed by atoms with Crippen LogP contribution in [0.2, 0.25) is 0 Å². The highest BCUT2D eigenvalue weighted by molar-refractivity contribution is 7.47. The maximum Gasteiger partial charge on any atom is 0.472 e. The van der Waals surface area contributed by atoms with Gasteiger partial charge >= 0.3 is 13.8 Å². The number of ether oxygens (including phenoxy) is 1. The summed E-state index contributed by atoms with van der Waals surface area (Å²) in [6.45, 7) is 3.23. The van der Waals surface area contributed by atoms with Crippen LogP contribution in [-0.4, -0.2) is 54.3 Å². The molecule has 2 atom stereocenters. The molecule has 2 unspecified atom stereocenters. The summed E-state index contributed by atoms with van der Waals surface area (Å²) in [5.41, 5.74) is 0. The van der Waals surface area contributed by atoms with Gasteiger partial charge in [-0.2, -0.15) is 0 Å². The Hall–Kier alpha value is -2.03. The van der Waals surface area contributed by atoms with Crippen molar-refractivity contribution in [3.05, 3.63) is 48.6 Å². The number of phosphoric acid groups is 1. The van der Waals surface area contributed by atoms with Gasteiger partial charge < -0.3 is 20.1 Å². The van der Waals surface area contributed by atoms with Gasteiger partial charge in [0.1, 0.15) is 12.7 Å². The van der Waals surface area contributed by atoms with Crippen molar-refractivity contribution in [3.8, 4) is 0 Å². The zero-order valence-electron chi connectivity index (χ0n) is 25.2. The van der Waals surface area contributed by atoms with Gasteiger partial charge in [-0.05, 0) is 51.4 Å². The van der Waals surface area contributed by atoms with E-state index in [-0.39, 0.29) is 32.1 Å². The summed E-state index contributed by atoms with van der Waals surface area (Å²) in [5, 5.41) is 12.5. The highest BCUT2D eigenvalue weighted by Crippen LogP contribution is 2.42. The van der Waals surface area contributed by atoms with Crippen LogP contribution in [0.3, 0.4) is 0 Å². The summed E-state index contributed by atoms with van der Waals surface area (Å²) in [6.07, 6.45) is 28.1. The van der Waals surface area contributed by atoms with Crippen LogP contribution in [0, 0.1) is 0 Å². The number of hydrogen-bond acceptors (Lipinski definition) is 7. The van der Waals surface area contributed by atoms with Crippen molar-refractivity contribution in [1.29, 1.82) is 0 Å². The number of amides is 1. The molecular weight excluding hydrogens is 545 g/mol. The number of esters is 1. The van der Waals surface area contributed by atoms with Gasteiger partial charge in [0.2, 0.25) is 5.91 Å². The van der Waals surface area contributed by atoms with Gasteiger partial charge in [-0.1, -0.05) is 88.1 Å². The number of aliphatic hydroxyl groups is 1. The molecule has 0 aliphatic heterocycles. The molecule has 1 amide bonds. The fourth-order valence-electron chi connectivity index (χ4n) is 3.48. The zero-order valence-corrected chi connectivity index (χ0v) is 26.1. The van der Waals surface area contributed by atoms with Crippen molar-refractivity contribution in [2.45, 2.75) is 110 Å². The second kappa shape index (κ2) is 28.1. The third-order valence-electron chi connectivity index (χ3n) is 5.77. The van der Waals surface area contributed by atoms with Crippen LogP contribution >= 0.6 is 7.82 Å². The lowest BCUT2D eigenvalue weighted by atomic mass is 10.1. The van der Waals surface area contributed by atoms with Gasteiger partial charge in [0.25, 0.3) is 0 Å². The number of carbonyl (C=O) groups is 2. The van der Waals surface area contributed by atoms with Crippen LogP contribution in [-0.2, 0) is 27.9 Å². The number of aliphatic hydroxyl groups excluding tert-OH is 1. The largest absolute Gasteiger partial charge is 0.472 e. The lowest BCUT2D eigenvalue weighted by Crippen LogP contribution is -2.27. The van der Waals surface area contributed by atoms with E-state index in [1.54, 1.807) is 0 Å². The van der Waals surface area contributed by atoms with E-state index in [9.17, 15) is 24.2 Å². The highest BCUT2D eigenvalue weighted by Gasteiger charge is 2.23. The minimum absolute atomic E-state index is 0.0576. The summed E-state index contributed by atoms with van der Waals surface area (Å²) in [4.78, 5) is 33.3. The first kappa shape index (κ1) is 39.0. The first-order valence-electron chi connectivity index (χ1n) is 15.1. The van der Waals surface area contributed by atoms with Gasteiger partial charge in [0.15, 0.2) is 0 Å². The van der Waals surface area contributed by atoms with Crippen molar-refractivity contribution in [1.82, 2.24) is 5.32 Å². The fraction of sp³-hybridized carbons (Fsp3) is 0.677. The predicted octanol–water partition coefficient (Wildman–Crippen LogP) is 6.87. The highest BCUT2D eigenvalue weighted by atomic mass is 31.2. The van der Waals surface area contributed by atoms with Crippen LogP contribution in [0.15, 0.2) is 48.6 Å². The number of carbonyl (C=O) groups excluding carboxylic acids is 2. The van der Waals surface area contributed by atoms with Crippen molar-refractivity contribution < 1.29 is 37.9 Å². The number of rotatable bonds is 27. The molecule has 0 radical (unpaired) electrons. The Balaban J connectivity index is 3.75. The molecular formula is C31H54NO8P. The maximum absolute atomic E-state index is 11.9. The summed E-state index contributed by atoms with van der Waals surface area (Å²) >= 11 is 0. The average molecular weight is 600 g/mol. The number of unbranched alkanes of at least 4 members (excludes halogenated alkanes) is 6. The predicted molar refractivity (Wildman–Crippen MR) is 164 cm³/mol. The van der Waals surface area contributed by atoms with E-state index in [2.05, 4.69) is 67.8 Å². The van der Waals surface area contributed by atoms with Crippen LogP contribution < -0.4 is 5.32 Å². The number of phosphoric ester groups is 1. The molecule has 236 valence electrons. The monoisotopic (exact) mass is 599 g/mol. The zero-order chi connectivity index (χ0) is 30.4. The molecule has 0 aromatic carbocycles. The molecule has 9 nitrogen and oxygen atoms in total. The first-order chi connectivity index (χ1) is 19.8. The number of allylic oxidation sites excluding steroid dienone is 8. The smallest absolute Gasteiger partial charge is 0.463 e. The lowest BCUT2D eigenvalue weighted by molar-refractivity contribution is -0.147. The Morgan fingerprint density at radius 2 is 1.39 bits per heavy atom. The Kier molecular flexibility index (Phi) is 26.7. The van der Waals surface area contributed by atoms with E-state index in [0.29, 0.717) is 6.42 Å². The molecule has 0 rings (SSSR count). The van der Waals surface area contributed by atoms with Crippen LogP contribution in [0.25, 0.3) is 0 Å². The molecule has 0 bridgehead atoms. The second-order valence-electron chi connectivity index (χ2n) is 9.70. The molecule has 3 N–H and O–H groups in total. The minimum Gasteiger partial charge on any atom is -0.463 e. The van der Waals surface area contributed by atoms with Crippen LogP contribution in [0.4, 0.5) is 0 Å². The molecule has 0 aromatic rings. The Morgan fingerprint density at radius 1 is 0.780 bits per heavy atom. The summed E-state index contributed by atoms with van der Waals surface area (Å²) in [5.74, 6) is -0.579. The quantitative estimate of drug-likeness (QED) is 0.0404. The molecule has 0 aromatic heterocycles. The van der Waals surface area contributed by atoms with Crippen LogP contribution in [0.5, 0.6) is 0 Å². The lowest BCUT2D eigenvalue weighted by Gasteiger charge is -2.15. The Labute approximate surface area is 247 Å². The Morgan fingerprint density at radius 3 is 2.05 bits per heavy atom. The van der Waals surface area contributed by atoms with Crippen molar-refractivity contribution in [3.63, 3.8) is 0 Å². The third kappa shape index (κ3) is 29.3. The number of nitrogens with one attached hydrogen (secondary N) is 1. The van der Waals surface area contributed by atoms with Crippen molar-refractivity contribution in [2.75, 3.05) is 26.4 Å². The molecule has 0 aliphatic rings. The van der Waals surface area contributed by atoms with Gasteiger partial charge in [-0.3, -0.25) is 18.6 Å². The summed E-state index contributed by atoms with van der Waals surface area (Å²) in [7, 11) is -4.41. The van der Waals surface area contributed by atoms with Crippen molar-refractivity contribution >= 4 is 19.7 Å². The van der Waals surface area contributed by atoms with Gasteiger partial charge in [0, 0.05) is 19.4 Å². The third-order valence-corrected chi connectivity index (χ3v) is 6.76. The van der Waals surface area contributed by atoms with Crippen LogP contribution in [0.1, 0.15) is 104 Å². The van der Waals surface area contributed by atoms with Gasteiger partial charge in [-0.25, -0.2) is 4.57 Å². The van der Waals surface area contributed by atoms with E-state index in [1.807, 2.05) is 0 Å². The topological polar surface area (TPSA) is 131 Å². The normalized spacial score (nSPS) is 14.3. The minimum atomic E-state index is -4.41. The average Bonchev–Trinajstić information content (AvgIpc) is 2.95. The van der Waals surface area contributed by atoms with E-state index < -0.39 is 26.5 Å². The molecule has 0 aliphatic carbocycles. The van der Waals surface area contributed by atoms with Gasteiger partial charge in [-0.15, -0.1) is 0 Å². The molecule has 10 heteroatoms. The second-order valence-corrected chi connectivity index (χ2v) is 11.1. The maximum atomic E-state index is 11.9. The number of hydrogen-bond donors (Lipinski definition) is 3. The summed E-state index contributed by atoms with van der Waals surface area (Å²) < 4.78 is 26.4. The van der Waals surface area contributed by atoms with E-state index in [4.69, 9.17) is 13.8 Å².